The normalized spacial score (nSPS) is 21.9. The first kappa shape index (κ1) is 6.26. The van der Waals surface area contributed by atoms with Crippen molar-refractivity contribution in [2.75, 3.05) is 0 Å². The van der Waals surface area contributed by atoms with E-state index in [1.165, 1.54) is 5.56 Å². The van der Waals surface area contributed by atoms with Gasteiger partial charge in [0.05, 0.1) is 0 Å². The van der Waals surface area contributed by atoms with Crippen molar-refractivity contribution in [2.45, 2.75) is 11.4 Å². The van der Waals surface area contributed by atoms with Gasteiger partial charge in [0.2, 0.25) is 0 Å². The van der Waals surface area contributed by atoms with Gasteiger partial charge in [-0.15, -0.1) is 0 Å². The van der Waals surface area contributed by atoms with Gasteiger partial charge in [0.1, 0.15) is 0 Å². The van der Waals surface area contributed by atoms with E-state index in [0.29, 0.717) is 0 Å². The van der Waals surface area contributed by atoms with Gasteiger partial charge in [0.15, 0.2) is 0 Å². The summed E-state index contributed by atoms with van der Waals surface area (Å²) < 4.78 is 5.45. The quantitative estimate of drug-likeness (QED) is 0.567. The predicted molar refractivity (Wildman–Crippen MR) is 40.3 cm³/mol. The molecule has 0 spiro atoms. The van der Waals surface area contributed by atoms with Gasteiger partial charge >= 0.3 is 67.8 Å². The molecule has 1 atom stereocenters. The molecular weight excluding hydrogens is 191 g/mol. The molecule has 0 fully saturated rings. The van der Waals surface area contributed by atoms with Gasteiger partial charge in [0, 0.05) is 0 Å². The topological polar surface area (TPSA) is 9.23 Å². The van der Waals surface area contributed by atoms with E-state index < -0.39 is 0 Å². The van der Waals surface area contributed by atoms with Crippen LogP contribution < -0.4 is 4.74 Å². The third-order valence-electron chi connectivity index (χ3n) is 1.62. The standard InChI is InChI=1S/C8H7OSe/c10-8-5-6-3-1-2-4-7(6)9-8/h1-4,8H,5H2. The van der Waals surface area contributed by atoms with Crippen molar-refractivity contribution in [3.63, 3.8) is 0 Å². The molecule has 1 aliphatic rings. The molecule has 1 aromatic rings. The molecule has 0 saturated heterocycles. The maximum absolute atomic E-state index is 5.45. The average Bonchev–Trinajstić information content (AvgIpc) is 2.27. The van der Waals surface area contributed by atoms with E-state index in [2.05, 4.69) is 22.1 Å². The maximum atomic E-state index is 5.45. The number of hydrogen-bond acceptors (Lipinski definition) is 1. The molecule has 0 aliphatic carbocycles. The zero-order valence-corrected chi connectivity index (χ0v) is 7.12. The molecule has 10 heavy (non-hydrogen) atoms. The molecular formula is C8H7OSe. The molecule has 1 nitrogen and oxygen atoms in total. The zero-order chi connectivity index (χ0) is 6.97. The van der Waals surface area contributed by atoms with Crippen LogP contribution >= 0.6 is 0 Å². The van der Waals surface area contributed by atoms with Crippen LogP contribution in [0.3, 0.4) is 0 Å². The van der Waals surface area contributed by atoms with Gasteiger partial charge in [-0.1, -0.05) is 0 Å². The molecule has 2 rings (SSSR count). The molecule has 0 saturated carbocycles. The predicted octanol–water partition coefficient (Wildman–Crippen LogP) is 1.12. The Morgan fingerprint density at radius 3 is 3.00 bits per heavy atom. The van der Waals surface area contributed by atoms with Crippen molar-refractivity contribution in [3.05, 3.63) is 29.8 Å². The second-order valence-corrected chi connectivity index (χ2v) is 3.46. The Morgan fingerprint density at radius 2 is 2.20 bits per heavy atom. The summed E-state index contributed by atoms with van der Waals surface area (Å²) in [7, 11) is 0. The summed E-state index contributed by atoms with van der Waals surface area (Å²) in [5.41, 5.74) is 1.31. The van der Waals surface area contributed by atoms with E-state index in [4.69, 9.17) is 4.74 Å². The Bertz CT molecular complexity index is 222. The molecule has 1 radical (unpaired) electrons. The summed E-state index contributed by atoms with van der Waals surface area (Å²) in [6, 6.07) is 8.15. The van der Waals surface area contributed by atoms with Gasteiger partial charge in [-0.3, -0.25) is 0 Å². The second kappa shape index (κ2) is 2.30. The van der Waals surface area contributed by atoms with E-state index in [9.17, 15) is 0 Å². The van der Waals surface area contributed by atoms with Gasteiger partial charge in [-0.05, 0) is 0 Å². The summed E-state index contributed by atoms with van der Waals surface area (Å²) in [6.45, 7) is 0. The number of fused-ring (bicyclic) bond motifs is 1. The van der Waals surface area contributed by atoms with Crippen LogP contribution in [0.15, 0.2) is 24.3 Å². The van der Waals surface area contributed by atoms with E-state index in [0.717, 1.165) is 12.2 Å². The van der Waals surface area contributed by atoms with Crippen LogP contribution in [0.4, 0.5) is 0 Å². The summed E-state index contributed by atoms with van der Waals surface area (Å²) >= 11 is 2.96. The summed E-state index contributed by atoms with van der Waals surface area (Å²) in [4.78, 5) is 0. The van der Waals surface area contributed by atoms with Crippen LogP contribution in [-0.2, 0) is 6.42 Å². The molecule has 51 valence electrons. The zero-order valence-electron chi connectivity index (χ0n) is 5.41. The number of ether oxygens (including phenoxy) is 1. The van der Waals surface area contributed by atoms with Crippen LogP contribution in [-0.4, -0.2) is 21.0 Å². The van der Waals surface area contributed by atoms with Gasteiger partial charge in [-0.2, -0.15) is 0 Å². The number of hydrogen-bond donors (Lipinski definition) is 0. The fourth-order valence-corrected chi connectivity index (χ4v) is 1.74. The molecule has 1 unspecified atom stereocenters. The average molecular weight is 198 g/mol. The third kappa shape index (κ3) is 0.938. The van der Waals surface area contributed by atoms with Crippen molar-refractivity contribution in [3.8, 4) is 5.75 Å². The van der Waals surface area contributed by atoms with Crippen molar-refractivity contribution < 1.29 is 4.74 Å². The van der Waals surface area contributed by atoms with E-state index in [-0.39, 0.29) is 5.00 Å². The summed E-state index contributed by atoms with van der Waals surface area (Å²) in [5.74, 6) is 1.03. The van der Waals surface area contributed by atoms with E-state index in [1.54, 1.807) is 0 Å². The number of benzene rings is 1. The van der Waals surface area contributed by atoms with Crippen molar-refractivity contribution in [2.24, 2.45) is 0 Å². The molecule has 2 heteroatoms. The number of rotatable bonds is 0. The van der Waals surface area contributed by atoms with Crippen LogP contribution in [0, 0.1) is 0 Å². The van der Waals surface area contributed by atoms with Crippen molar-refractivity contribution >= 4 is 16.0 Å². The first-order valence-corrected chi connectivity index (χ1v) is 4.25. The van der Waals surface area contributed by atoms with Gasteiger partial charge in [-0.25, -0.2) is 0 Å². The third-order valence-corrected chi connectivity index (χ3v) is 2.17. The Hall–Kier alpha value is -0.461. The molecule has 1 heterocycles. The first-order valence-electron chi connectivity index (χ1n) is 3.26. The van der Waals surface area contributed by atoms with Gasteiger partial charge in [0.25, 0.3) is 0 Å². The van der Waals surface area contributed by atoms with Crippen LogP contribution in [0.25, 0.3) is 0 Å². The van der Waals surface area contributed by atoms with Crippen molar-refractivity contribution in [1.29, 1.82) is 0 Å². The second-order valence-electron chi connectivity index (χ2n) is 2.36. The fourth-order valence-electron chi connectivity index (χ4n) is 1.15. The Labute approximate surface area is 68.2 Å². The van der Waals surface area contributed by atoms with Crippen LogP contribution in [0.5, 0.6) is 5.75 Å². The van der Waals surface area contributed by atoms with Crippen molar-refractivity contribution in [1.82, 2.24) is 0 Å². The molecule has 0 bridgehead atoms. The molecule has 0 N–H and O–H groups in total. The van der Waals surface area contributed by atoms with E-state index in [1.807, 2.05) is 18.2 Å². The fraction of sp³-hybridized carbons (Fsp3) is 0.250. The Balaban J connectivity index is 2.42. The SMILES string of the molecule is [Se]C1Cc2ccccc2O1. The first-order chi connectivity index (χ1) is 4.86. The Morgan fingerprint density at radius 1 is 1.40 bits per heavy atom. The minimum absolute atomic E-state index is 0.248. The minimum atomic E-state index is 0.248. The van der Waals surface area contributed by atoms with E-state index >= 15 is 0 Å². The summed E-state index contributed by atoms with van der Waals surface area (Å²) in [6.07, 6.45) is 1.01. The summed E-state index contributed by atoms with van der Waals surface area (Å²) in [5, 5.41) is 0.248. The van der Waals surface area contributed by atoms with Crippen LogP contribution in [0.1, 0.15) is 5.56 Å². The van der Waals surface area contributed by atoms with Gasteiger partial charge < -0.3 is 0 Å². The molecule has 1 aliphatic heterocycles. The molecule has 0 amide bonds. The number of para-hydroxylation sites is 1. The monoisotopic (exact) mass is 199 g/mol. The van der Waals surface area contributed by atoms with Crippen LogP contribution in [0.2, 0.25) is 0 Å². The Kier molecular flexibility index (Phi) is 1.44. The molecule has 1 aromatic carbocycles. The molecule has 0 aromatic heterocycles.